The van der Waals surface area contributed by atoms with Crippen LogP contribution in [0.15, 0.2) is 72.8 Å². The number of primary amides is 1. The molecule has 0 aliphatic heterocycles. The summed E-state index contributed by atoms with van der Waals surface area (Å²) in [6.07, 6.45) is 1.16. The molecule has 2 amide bonds. The van der Waals surface area contributed by atoms with Crippen molar-refractivity contribution in [3.8, 4) is 0 Å². The van der Waals surface area contributed by atoms with E-state index < -0.39 is 11.8 Å². The number of fused-ring (bicyclic) bond motifs is 1. The Labute approximate surface area is 184 Å². The van der Waals surface area contributed by atoms with Crippen molar-refractivity contribution < 1.29 is 19.2 Å². The molecule has 0 spiro atoms. The van der Waals surface area contributed by atoms with Crippen molar-refractivity contribution in [1.82, 2.24) is 10.0 Å². The number of nitrogens with one attached hydrogen (secondary N) is 1. The summed E-state index contributed by atoms with van der Waals surface area (Å²) in [7, 11) is 0. The molecule has 6 nitrogen and oxygen atoms in total. The highest BCUT2D eigenvalue weighted by molar-refractivity contribution is 6.07. The number of aryl methyl sites for hydroxylation is 1. The minimum Gasteiger partial charge on any atom is -0.366 e. The third kappa shape index (κ3) is 4.24. The minimum atomic E-state index is -0.584. The number of carbonyl (C=O) groups excluding carboxylic acids is 2. The first-order chi connectivity index (χ1) is 15.5. The van der Waals surface area contributed by atoms with Crippen LogP contribution in [0.25, 0.3) is 10.9 Å². The van der Waals surface area contributed by atoms with Gasteiger partial charge in [-0.1, -0.05) is 42.5 Å². The number of benzene rings is 3. The van der Waals surface area contributed by atoms with Crippen molar-refractivity contribution in [2.45, 2.75) is 19.4 Å². The molecule has 4 N–H and O–H groups in total. The second-order valence-electron chi connectivity index (χ2n) is 7.55. The van der Waals surface area contributed by atoms with Crippen LogP contribution < -0.4 is 11.2 Å². The number of nitrogens with zero attached hydrogens (tertiary/aromatic N) is 1. The highest BCUT2D eigenvalue weighted by Crippen LogP contribution is 2.28. The van der Waals surface area contributed by atoms with Crippen LogP contribution in [0.2, 0.25) is 0 Å². The second kappa shape index (κ2) is 9.03. The van der Waals surface area contributed by atoms with E-state index in [-0.39, 0.29) is 5.82 Å². The topological polar surface area (TPSA) is 97.4 Å². The number of halogens is 1. The molecule has 0 fully saturated rings. The summed E-state index contributed by atoms with van der Waals surface area (Å²) in [6.45, 7) is 0.466. The molecule has 1 heterocycles. The van der Waals surface area contributed by atoms with Crippen LogP contribution in [0.1, 0.15) is 37.5 Å². The maximum absolute atomic E-state index is 13.3. The Morgan fingerprint density at radius 3 is 2.22 bits per heavy atom. The highest BCUT2D eigenvalue weighted by Gasteiger charge is 2.21. The summed E-state index contributed by atoms with van der Waals surface area (Å²) in [5, 5.41) is 9.58. The average Bonchev–Trinajstić information content (AvgIpc) is 3.12. The van der Waals surface area contributed by atoms with Crippen LogP contribution >= 0.6 is 0 Å². The first kappa shape index (κ1) is 21.3. The normalized spacial score (nSPS) is 10.9. The summed E-state index contributed by atoms with van der Waals surface area (Å²) in [5.41, 5.74) is 11.8. The van der Waals surface area contributed by atoms with Crippen LogP contribution in [-0.2, 0) is 19.4 Å². The van der Waals surface area contributed by atoms with E-state index in [0.717, 1.165) is 27.7 Å². The van der Waals surface area contributed by atoms with Gasteiger partial charge in [0.15, 0.2) is 0 Å². The predicted molar refractivity (Wildman–Crippen MR) is 119 cm³/mol. The Bertz CT molecular complexity index is 1280. The van der Waals surface area contributed by atoms with Crippen molar-refractivity contribution in [1.29, 1.82) is 0 Å². The van der Waals surface area contributed by atoms with Crippen molar-refractivity contribution in [3.63, 3.8) is 0 Å². The summed E-state index contributed by atoms with van der Waals surface area (Å²) < 4.78 is 15.3. The Balaban J connectivity index is 1.74. The van der Waals surface area contributed by atoms with Gasteiger partial charge in [-0.15, -0.1) is 0 Å². The number of hydrogen-bond donors (Lipinski definition) is 3. The Hall–Kier alpha value is -3.97. The molecule has 32 heavy (non-hydrogen) atoms. The van der Waals surface area contributed by atoms with E-state index in [1.165, 1.54) is 12.1 Å². The third-order valence-corrected chi connectivity index (χ3v) is 5.55. The molecule has 4 rings (SSSR count). The monoisotopic (exact) mass is 431 g/mol. The highest BCUT2D eigenvalue weighted by atomic mass is 19.1. The average molecular weight is 431 g/mol. The van der Waals surface area contributed by atoms with Gasteiger partial charge >= 0.3 is 0 Å². The van der Waals surface area contributed by atoms with Crippen LogP contribution in [0.4, 0.5) is 4.39 Å². The smallest absolute Gasteiger partial charge is 0.274 e. The SMILES string of the molecule is NC(=O)c1c(CCc2ccc(F)cc2)n(Cc2ccc(C(=O)NO)cc2)c2ccccc12. The van der Waals surface area contributed by atoms with Gasteiger partial charge < -0.3 is 10.3 Å². The van der Waals surface area contributed by atoms with Gasteiger partial charge in [0.05, 0.1) is 5.56 Å². The molecule has 0 saturated carbocycles. The van der Waals surface area contributed by atoms with E-state index in [4.69, 9.17) is 10.9 Å². The second-order valence-corrected chi connectivity index (χ2v) is 7.55. The molecule has 3 aromatic carbocycles. The lowest BCUT2D eigenvalue weighted by molar-refractivity contribution is 0.0706. The van der Waals surface area contributed by atoms with Crippen LogP contribution in [0.3, 0.4) is 0 Å². The number of hydroxylamine groups is 1. The number of amides is 2. The molecule has 0 unspecified atom stereocenters. The van der Waals surface area contributed by atoms with Crippen molar-refractivity contribution in [2.75, 3.05) is 0 Å². The number of hydrogen-bond acceptors (Lipinski definition) is 3. The Kier molecular flexibility index (Phi) is 6.00. The zero-order chi connectivity index (χ0) is 22.7. The molecular weight excluding hydrogens is 409 g/mol. The molecule has 162 valence electrons. The van der Waals surface area contributed by atoms with Crippen LogP contribution in [0.5, 0.6) is 0 Å². The Morgan fingerprint density at radius 2 is 1.56 bits per heavy atom. The van der Waals surface area contributed by atoms with E-state index >= 15 is 0 Å². The molecule has 0 radical (unpaired) electrons. The lowest BCUT2D eigenvalue weighted by atomic mass is 10.0. The van der Waals surface area contributed by atoms with Crippen molar-refractivity contribution in [3.05, 3.63) is 107 Å². The van der Waals surface area contributed by atoms with E-state index in [1.807, 2.05) is 24.3 Å². The first-order valence-corrected chi connectivity index (χ1v) is 10.2. The summed E-state index contributed by atoms with van der Waals surface area (Å²) in [4.78, 5) is 24.0. The molecule has 4 aromatic rings. The molecule has 0 aliphatic rings. The van der Waals surface area contributed by atoms with Crippen LogP contribution in [0, 0.1) is 5.82 Å². The summed E-state index contributed by atoms with van der Waals surface area (Å²) >= 11 is 0. The number of aromatic nitrogens is 1. The fourth-order valence-corrected chi connectivity index (χ4v) is 3.99. The molecule has 1 aromatic heterocycles. The van der Waals surface area contributed by atoms with Gasteiger partial charge in [-0.3, -0.25) is 14.8 Å². The maximum atomic E-state index is 13.3. The number of rotatable bonds is 7. The number of carbonyl (C=O) groups is 2. The lowest BCUT2D eigenvalue weighted by Crippen LogP contribution is -2.18. The maximum Gasteiger partial charge on any atom is 0.274 e. The quantitative estimate of drug-likeness (QED) is 0.306. The fraction of sp³-hybridized carbons (Fsp3) is 0.120. The molecule has 0 saturated heterocycles. The fourth-order valence-electron chi connectivity index (χ4n) is 3.99. The predicted octanol–water partition coefficient (Wildman–Crippen LogP) is 3.83. The van der Waals surface area contributed by atoms with Gasteiger partial charge in [0.25, 0.3) is 11.8 Å². The van der Waals surface area contributed by atoms with E-state index in [0.29, 0.717) is 30.5 Å². The summed E-state index contributed by atoms with van der Waals surface area (Å²) in [5.74, 6) is -1.37. The van der Waals surface area contributed by atoms with Gasteiger partial charge in [-0.25, -0.2) is 9.87 Å². The minimum absolute atomic E-state index is 0.293. The zero-order valence-corrected chi connectivity index (χ0v) is 17.2. The Morgan fingerprint density at radius 1 is 0.906 bits per heavy atom. The molecule has 0 atom stereocenters. The van der Waals surface area contributed by atoms with Crippen LogP contribution in [-0.4, -0.2) is 21.6 Å². The zero-order valence-electron chi connectivity index (χ0n) is 17.2. The van der Waals surface area contributed by atoms with Crippen molar-refractivity contribution >= 4 is 22.7 Å². The summed E-state index contributed by atoms with van der Waals surface area (Å²) in [6, 6.07) is 20.7. The van der Waals surface area contributed by atoms with Gasteiger partial charge in [0.2, 0.25) is 0 Å². The third-order valence-electron chi connectivity index (χ3n) is 5.55. The molecule has 0 bridgehead atoms. The molecular formula is C25H22FN3O3. The standard InChI is InChI=1S/C25H22FN3O3/c26-19-12-7-16(8-13-19)9-14-22-23(24(27)30)20-3-1-2-4-21(20)29(22)15-17-5-10-18(11-6-17)25(31)28-32/h1-8,10-13,32H,9,14-15H2,(H2,27,30)(H,28,31). The van der Waals surface area contributed by atoms with Gasteiger partial charge in [-0.2, -0.15) is 0 Å². The van der Waals surface area contributed by atoms with E-state index in [9.17, 15) is 14.0 Å². The molecule has 7 heteroatoms. The largest absolute Gasteiger partial charge is 0.366 e. The lowest BCUT2D eigenvalue weighted by Gasteiger charge is -2.13. The van der Waals surface area contributed by atoms with Crippen molar-refractivity contribution in [2.24, 2.45) is 5.73 Å². The van der Waals surface area contributed by atoms with Gasteiger partial charge in [-0.05, 0) is 54.3 Å². The van der Waals surface area contributed by atoms with Gasteiger partial charge in [0, 0.05) is 28.7 Å². The number of nitrogens with two attached hydrogens (primary N) is 1. The van der Waals surface area contributed by atoms with E-state index in [1.54, 1.807) is 41.9 Å². The van der Waals surface area contributed by atoms with Gasteiger partial charge in [0.1, 0.15) is 5.82 Å². The van der Waals surface area contributed by atoms with E-state index in [2.05, 4.69) is 4.57 Å². The first-order valence-electron chi connectivity index (χ1n) is 10.2. The number of para-hydroxylation sites is 1. The molecule has 0 aliphatic carbocycles.